The predicted molar refractivity (Wildman–Crippen MR) is 139 cm³/mol. The average Bonchev–Trinajstić information content (AvgIpc) is 2.88. The molecule has 2 aliphatic rings. The topological polar surface area (TPSA) is 224 Å². The second-order valence-corrected chi connectivity index (χ2v) is 10.1. The zero-order valence-corrected chi connectivity index (χ0v) is 22.6. The normalized spacial score (nSPS) is 26.9. The van der Waals surface area contributed by atoms with E-state index in [1.807, 2.05) is 9.80 Å². The minimum Gasteiger partial charge on any atom is -0.481 e. The van der Waals surface area contributed by atoms with Gasteiger partial charge in [0.15, 0.2) is 0 Å². The van der Waals surface area contributed by atoms with Gasteiger partial charge in [-0.05, 0) is 0 Å². The number of hydrogen-bond acceptors (Lipinski definition) is 12. The lowest BCUT2D eigenvalue weighted by Gasteiger charge is -2.37. The largest absolute Gasteiger partial charge is 0.481 e. The van der Waals surface area contributed by atoms with Gasteiger partial charge in [-0.3, -0.25) is 29.0 Å². The van der Waals surface area contributed by atoms with E-state index >= 15 is 0 Å². The van der Waals surface area contributed by atoms with Gasteiger partial charge in [0, 0.05) is 71.9 Å². The first-order chi connectivity index (χ1) is 19.0. The van der Waals surface area contributed by atoms with Crippen LogP contribution in [0.25, 0.3) is 0 Å². The van der Waals surface area contributed by atoms with Crippen molar-refractivity contribution >= 4 is 23.8 Å². The number of carboxylic acids is 3. The first kappa shape index (κ1) is 33.8. The molecule has 2 fully saturated rings. The number of rotatable bonds is 12. The fourth-order valence-electron chi connectivity index (χ4n) is 4.69. The molecule has 2 heterocycles. The van der Waals surface area contributed by atoms with Crippen LogP contribution in [0.5, 0.6) is 0 Å². The summed E-state index contributed by atoms with van der Waals surface area (Å²) in [6.07, 6.45) is -3.64. The number of carboxylic acid groups (broad SMARTS) is 3. The van der Waals surface area contributed by atoms with Crippen LogP contribution in [0.2, 0.25) is 0 Å². The molecule has 230 valence electrons. The molecule has 0 aliphatic carbocycles. The highest BCUT2D eigenvalue weighted by Gasteiger charge is 2.38. The summed E-state index contributed by atoms with van der Waals surface area (Å²) in [5.74, 6) is -3.35. The van der Waals surface area contributed by atoms with Crippen molar-refractivity contribution in [2.24, 2.45) is 0 Å². The molecule has 0 spiro atoms. The van der Waals surface area contributed by atoms with Gasteiger partial charge in [0.05, 0.1) is 38.8 Å². The molecular weight excluding hydrogens is 534 g/mol. The van der Waals surface area contributed by atoms with Gasteiger partial charge in [0.2, 0.25) is 5.91 Å². The second kappa shape index (κ2) is 17.4. The van der Waals surface area contributed by atoms with Gasteiger partial charge in [-0.15, -0.1) is 0 Å². The van der Waals surface area contributed by atoms with Gasteiger partial charge in [-0.1, -0.05) is 0 Å². The molecule has 2 saturated heterocycles. The van der Waals surface area contributed by atoms with Gasteiger partial charge >= 0.3 is 17.9 Å². The van der Waals surface area contributed by atoms with E-state index in [2.05, 4.69) is 5.32 Å². The van der Waals surface area contributed by atoms with Crippen molar-refractivity contribution in [2.45, 2.75) is 37.2 Å². The number of ether oxygens (including phenoxy) is 1. The van der Waals surface area contributed by atoms with Crippen LogP contribution in [0, 0.1) is 0 Å². The number of aliphatic carboxylic acids is 3. The maximum Gasteiger partial charge on any atom is 0.317 e. The Balaban J connectivity index is 2.02. The van der Waals surface area contributed by atoms with Crippen LogP contribution < -0.4 is 5.32 Å². The summed E-state index contributed by atoms with van der Waals surface area (Å²) in [5.41, 5.74) is 0. The summed E-state index contributed by atoms with van der Waals surface area (Å²) in [5, 5.41) is 59.9. The molecule has 2 aliphatic heterocycles. The van der Waals surface area contributed by atoms with E-state index in [0.29, 0.717) is 52.4 Å². The molecule has 0 bridgehead atoms. The maximum atomic E-state index is 12.6. The number of amides is 1. The van der Waals surface area contributed by atoms with E-state index in [-0.39, 0.29) is 45.6 Å². The first-order valence-corrected chi connectivity index (χ1v) is 13.4. The summed E-state index contributed by atoms with van der Waals surface area (Å²) in [4.78, 5) is 53.9. The Labute approximate surface area is 232 Å². The third-order valence-corrected chi connectivity index (χ3v) is 7.10. The van der Waals surface area contributed by atoms with Crippen LogP contribution in [0.4, 0.5) is 0 Å². The zero-order chi connectivity index (χ0) is 29.7. The number of aliphatic hydroxyl groups is 3. The fraction of sp³-hybridized carbons (Fsp3) is 0.833. The molecule has 1 amide bonds. The molecule has 0 saturated carbocycles. The first-order valence-electron chi connectivity index (χ1n) is 13.4. The monoisotopic (exact) mass is 577 g/mol. The Morgan fingerprint density at radius 2 is 1.12 bits per heavy atom. The summed E-state index contributed by atoms with van der Waals surface area (Å²) in [6.45, 7) is 2.71. The quantitative estimate of drug-likeness (QED) is 0.117. The molecule has 0 radical (unpaired) electrons. The van der Waals surface area contributed by atoms with Crippen molar-refractivity contribution in [1.82, 2.24) is 24.9 Å². The van der Waals surface area contributed by atoms with E-state index in [4.69, 9.17) is 9.84 Å². The predicted octanol–water partition coefficient (Wildman–Crippen LogP) is -4.16. The maximum absolute atomic E-state index is 12.6. The standard InChI is InChI=1S/C24H43N5O11/c30-15-18-24(39)23(38)17(16-40-18)25-19(31)1-3-26-5-9-28(13-21(34)35)11-7-27(4-2-20(32)33)8-12-29(10-6-26)14-22(36)37/h17-18,23-24,30,38-39H,1-16H2,(H,25,31)(H,32,33)(H,34,35)(H,36,37)/t17-,18?,23?,24-/m1/s1. The third-order valence-electron chi connectivity index (χ3n) is 7.10. The molecule has 4 atom stereocenters. The molecule has 0 aromatic heterocycles. The number of aliphatic hydroxyl groups excluding tert-OH is 3. The van der Waals surface area contributed by atoms with Crippen LogP contribution >= 0.6 is 0 Å². The van der Waals surface area contributed by atoms with Gasteiger partial charge < -0.3 is 50.5 Å². The average molecular weight is 578 g/mol. The molecular formula is C24H43N5O11. The fourth-order valence-corrected chi connectivity index (χ4v) is 4.69. The number of nitrogens with zero attached hydrogens (tertiary/aromatic N) is 4. The molecule has 0 aromatic carbocycles. The van der Waals surface area contributed by atoms with E-state index in [9.17, 15) is 44.7 Å². The highest BCUT2D eigenvalue weighted by Crippen LogP contribution is 2.15. The van der Waals surface area contributed by atoms with Crippen LogP contribution in [0.15, 0.2) is 0 Å². The van der Waals surface area contributed by atoms with Crippen molar-refractivity contribution in [3.63, 3.8) is 0 Å². The zero-order valence-electron chi connectivity index (χ0n) is 22.6. The summed E-state index contributed by atoms with van der Waals surface area (Å²) in [6, 6.07) is -0.849. The second-order valence-electron chi connectivity index (χ2n) is 10.1. The van der Waals surface area contributed by atoms with Crippen molar-refractivity contribution in [3.8, 4) is 0 Å². The molecule has 16 heteroatoms. The summed E-state index contributed by atoms with van der Waals surface area (Å²) < 4.78 is 5.29. The third kappa shape index (κ3) is 12.4. The lowest BCUT2D eigenvalue weighted by molar-refractivity contribution is -0.164. The van der Waals surface area contributed by atoms with E-state index in [1.165, 1.54) is 0 Å². The highest BCUT2D eigenvalue weighted by molar-refractivity contribution is 5.76. The van der Waals surface area contributed by atoms with Crippen molar-refractivity contribution in [2.75, 3.05) is 91.8 Å². The number of carbonyl (C=O) groups excluding carboxylic acids is 1. The van der Waals surface area contributed by atoms with Crippen LogP contribution in [-0.2, 0) is 23.9 Å². The molecule has 40 heavy (non-hydrogen) atoms. The Morgan fingerprint density at radius 3 is 1.55 bits per heavy atom. The van der Waals surface area contributed by atoms with Crippen LogP contribution in [0.3, 0.4) is 0 Å². The lowest BCUT2D eigenvalue weighted by atomic mass is 9.98. The van der Waals surface area contributed by atoms with Gasteiger partial charge in [-0.2, -0.15) is 0 Å². The SMILES string of the molecule is O=C(O)CCN1CCN(CC(=O)O)CCN(CCC(=O)N[C@@H]2COC(CO)[C@@H](O)C2O)CCN(CC(=O)O)CC1. The minimum absolute atomic E-state index is 0.0313. The van der Waals surface area contributed by atoms with Crippen LogP contribution in [0.1, 0.15) is 12.8 Å². The Bertz CT molecular complexity index is 803. The van der Waals surface area contributed by atoms with Crippen LogP contribution in [-0.4, -0.2) is 190 Å². The number of carbonyl (C=O) groups is 4. The lowest BCUT2D eigenvalue weighted by Crippen LogP contribution is -2.60. The molecule has 2 rings (SSSR count). The number of nitrogens with one attached hydrogen (secondary N) is 1. The Hall–Kier alpha value is -2.44. The molecule has 7 N–H and O–H groups in total. The van der Waals surface area contributed by atoms with E-state index in [0.717, 1.165) is 0 Å². The van der Waals surface area contributed by atoms with Gasteiger partial charge in [-0.25, -0.2) is 0 Å². The summed E-state index contributed by atoms with van der Waals surface area (Å²) in [7, 11) is 0. The highest BCUT2D eigenvalue weighted by atomic mass is 16.5. The van der Waals surface area contributed by atoms with Crippen molar-refractivity contribution in [3.05, 3.63) is 0 Å². The van der Waals surface area contributed by atoms with Crippen molar-refractivity contribution in [1.29, 1.82) is 0 Å². The molecule has 2 unspecified atom stereocenters. The van der Waals surface area contributed by atoms with Gasteiger partial charge in [0.1, 0.15) is 18.3 Å². The smallest absolute Gasteiger partial charge is 0.317 e. The minimum atomic E-state index is -1.35. The molecule has 0 aromatic rings. The Kier molecular flexibility index (Phi) is 14.7. The molecule has 16 nitrogen and oxygen atoms in total. The van der Waals surface area contributed by atoms with E-state index in [1.54, 1.807) is 9.80 Å². The summed E-state index contributed by atoms with van der Waals surface area (Å²) >= 11 is 0. The van der Waals surface area contributed by atoms with Crippen molar-refractivity contribution < 1.29 is 54.6 Å². The Morgan fingerprint density at radius 1 is 0.675 bits per heavy atom. The van der Waals surface area contributed by atoms with E-state index < -0.39 is 54.8 Å². The van der Waals surface area contributed by atoms with Gasteiger partial charge in [0.25, 0.3) is 0 Å². The number of hydrogen-bond donors (Lipinski definition) is 7.